The minimum Gasteiger partial charge on any atom is -0.376 e. The van der Waals surface area contributed by atoms with E-state index in [1.165, 1.54) is 31.0 Å². The van der Waals surface area contributed by atoms with Crippen LogP contribution in [0.25, 0.3) is 0 Å². The molecule has 0 unspecified atom stereocenters. The molecule has 2 heterocycles. The topological polar surface area (TPSA) is 69.9 Å². The van der Waals surface area contributed by atoms with Crippen molar-refractivity contribution in [3.8, 4) is 0 Å². The van der Waals surface area contributed by atoms with Crippen LogP contribution in [-0.2, 0) is 16.1 Å². The van der Waals surface area contributed by atoms with Crippen molar-refractivity contribution in [3.05, 3.63) is 0 Å². The van der Waals surface area contributed by atoms with E-state index in [2.05, 4.69) is 15.5 Å². The van der Waals surface area contributed by atoms with Crippen LogP contribution in [0.2, 0.25) is 0 Å². The molecule has 1 atom stereocenters. The van der Waals surface area contributed by atoms with Crippen molar-refractivity contribution >= 4 is 17.5 Å². The fourth-order valence-electron chi connectivity index (χ4n) is 6.13. The molecular formula is C18H26N4O2S. The lowest BCUT2D eigenvalue weighted by Crippen LogP contribution is -2.50. The average Bonchev–Trinajstić information content (AvgIpc) is 3.24. The SMILES string of the molecule is O=C(CSc1nnnn1C[C@H]1CCCO1)C12CC3CC(CC(C3)C1)C2. The Morgan fingerprint density at radius 2 is 1.92 bits per heavy atom. The Labute approximate surface area is 152 Å². The number of ether oxygens (including phenoxy) is 1. The van der Waals surface area contributed by atoms with Gasteiger partial charge in [-0.1, -0.05) is 11.8 Å². The molecule has 0 aromatic carbocycles. The monoisotopic (exact) mass is 362 g/mol. The van der Waals surface area contributed by atoms with Gasteiger partial charge in [-0.3, -0.25) is 4.79 Å². The van der Waals surface area contributed by atoms with Gasteiger partial charge in [0.15, 0.2) is 0 Å². The molecule has 136 valence electrons. The summed E-state index contributed by atoms with van der Waals surface area (Å²) in [5.74, 6) is 3.39. The highest BCUT2D eigenvalue weighted by atomic mass is 32.2. The number of ketones is 1. The second kappa shape index (κ2) is 6.34. The number of thioether (sulfide) groups is 1. The summed E-state index contributed by atoms with van der Waals surface area (Å²) in [5.41, 5.74) is -0.0193. The predicted molar refractivity (Wildman–Crippen MR) is 93.1 cm³/mol. The second-order valence-corrected chi connectivity index (χ2v) is 9.63. The maximum atomic E-state index is 13.1. The molecule has 25 heavy (non-hydrogen) atoms. The minimum absolute atomic E-state index is 0.0193. The predicted octanol–water partition coefficient (Wildman–Crippen LogP) is 2.73. The van der Waals surface area contributed by atoms with Gasteiger partial charge >= 0.3 is 0 Å². The molecule has 0 spiro atoms. The van der Waals surface area contributed by atoms with Crippen LogP contribution >= 0.6 is 11.8 Å². The number of carbonyl (C=O) groups excluding carboxylic acids is 1. The van der Waals surface area contributed by atoms with Crippen molar-refractivity contribution in [1.29, 1.82) is 0 Å². The van der Waals surface area contributed by atoms with Gasteiger partial charge < -0.3 is 4.74 Å². The average molecular weight is 362 g/mol. The molecule has 1 aliphatic heterocycles. The smallest absolute Gasteiger partial charge is 0.209 e. The van der Waals surface area contributed by atoms with Crippen molar-refractivity contribution in [2.75, 3.05) is 12.4 Å². The summed E-state index contributed by atoms with van der Waals surface area (Å²) in [6.07, 6.45) is 9.92. The first kappa shape index (κ1) is 16.2. The number of Topliss-reactive ketones (excluding diaryl/α,β-unsaturated/α-hetero) is 1. The lowest BCUT2D eigenvalue weighted by molar-refractivity contribution is -0.141. The number of hydrogen-bond acceptors (Lipinski definition) is 6. The Morgan fingerprint density at radius 3 is 2.56 bits per heavy atom. The van der Waals surface area contributed by atoms with Gasteiger partial charge in [0.1, 0.15) is 5.78 Å². The zero-order valence-electron chi connectivity index (χ0n) is 14.6. The number of tetrazole rings is 1. The maximum absolute atomic E-state index is 13.1. The summed E-state index contributed by atoms with van der Waals surface area (Å²) in [5, 5.41) is 12.8. The third-order valence-corrected chi connectivity index (χ3v) is 7.82. The van der Waals surface area contributed by atoms with Crippen molar-refractivity contribution in [2.45, 2.75) is 69.2 Å². The maximum Gasteiger partial charge on any atom is 0.209 e. The molecule has 5 fully saturated rings. The first-order chi connectivity index (χ1) is 12.2. The van der Waals surface area contributed by atoms with Crippen LogP contribution < -0.4 is 0 Å². The molecule has 5 aliphatic rings. The summed E-state index contributed by atoms with van der Waals surface area (Å²) in [6.45, 7) is 1.53. The molecule has 6 rings (SSSR count). The Hall–Kier alpha value is -0.950. The van der Waals surface area contributed by atoms with Crippen LogP contribution in [0.5, 0.6) is 0 Å². The largest absolute Gasteiger partial charge is 0.376 e. The molecule has 1 aromatic heterocycles. The van der Waals surface area contributed by atoms with Crippen LogP contribution in [0.15, 0.2) is 5.16 Å². The van der Waals surface area contributed by atoms with Gasteiger partial charge in [0.2, 0.25) is 5.16 Å². The molecule has 1 saturated heterocycles. The molecule has 4 bridgehead atoms. The molecular weight excluding hydrogens is 336 g/mol. The van der Waals surface area contributed by atoms with E-state index in [-0.39, 0.29) is 11.5 Å². The van der Waals surface area contributed by atoms with Crippen LogP contribution in [0.4, 0.5) is 0 Å². The van der Waals surface area contributed by atoms with E-state index in [1.807, 2.05) is 4.68 Å². The number of nitrogens with zero attached hydrogens (tertiary/aromatic N) is 4. The summed E-state index contributed by atoms with van der Waals surface area (Å²) < 4.78 is 7.49. The van der Waals surface area contributed by atoms with Gasteiger partial charge in [-0.2, -0.15) is 0 Å². The summed E-state index contributed by atoms with van der Waals surface area (Å²) >= 11 is 1.52. The lowest BCUT2D eigenvalue weighted by Gasteiger charge is -2.56. The summed E-state index contributed by atoms with van der Waals surface area (Å²) in [7, 11) is 0. The third kappa shape index (κ3) is 3.03. The fraction of sp³-hybridized carbons (Fsp3) is 0.889. The van der Waals surface area contributed by atoms with Crippen molar-refractivity contribution in [2.24, 2.45) is 23.2 Å². The highest BCUT2D eigenvalue weighted by Crippen LogP contribution is 2.60. The zero-order valence-corrected chi connectivity index (χ0v) is 15.4. The van der Waals surface area contributed by atoms with Gasteiger partial charge in [-0.05, 0) is 79.5 Å². The van der Waals surface area contributed by atoms with Crippen molar-refractivity contribution < 1.29 is 9.53 Å². The van der Waals surface area contributed by atoms with Crippen LogP contribution in [0.3, 0.4) is 0 Å². The van der Waals surface area contributed by atoms with Gasteiger partial charge in [0, 0.05) is 12.0 Å². The lowest BCUT2D eigenvalue weighted by atomic mass is 9.48. The molecule has 0 radical (unpaired) electrons. The van der Waals surface area contributed by atoms with E-state index in [1.54, 1.807) is 0 Å². The zero-order chi connectivity index (χ0) is 16.9. The van der Waals surface area contributed by atoms with Gasteiger partial charge in [-0.15, -0.1) is 5.10 Å². The normalized spacial score (nSPS) is 39.2. The van der Waals surface area contributed by atoms with Crippen molar-refractivity contribution in [1.82, 2.24) is 20.2 Å². The standard InChI is InChI=1S/C18H26N4O2S/c23-16(18-7-12-4-13(8-18)6-14(5-12)9-18)11-25-17-19-20-21-22(17)10-15-2-1-3-24-15/h12-15H,1-11H2/t12?,13?,14?,15-,18?/m1/s1. The molecule has 6 nitrogen and oxygen atoms in total. The molecule has 4 saturated carbocycles. The number of rotatable bonds is 6. The first-order valence-corrected chi connectivity index (χ1v) is 10.7. The number of aromatic nitrogens is 4. The Morgan fingerprint density at radius 1 is 1.20 bits per heavy atom. The highest BCUT2D eigenvalue weighted by molar-refractivity contribution is 7.99. The highest BCUT2D eigenvalue weighted by Gasteiger charge is 2.54. The van der Waals surface area contributed by atoms with Gasteiger partial charge in [0.25, 0.3) is 0 Å². The van der Waals surface area contributed by atoms with E-state index in [4.69, 9.17) is 4.74 Å². The molecule has 1 aromatic rings. The Balaban J connectivity index is 1.23. The van der Waals surface area contributed by atoms with Gasteiger partial charge in [0.05, 0.1) is 18.4 Å². The number of carbonyl (C=O) groups is 1. The van der Waals surface area contributed by atoms with E-state index < -0.39 is 0 Å². The van der Waals surface area contributed by atoms with Gasteiger partial charge in [-0.25, -0.2) is 4.68 Å². The van der Waals surface area contributed by atoms with Crippen molar-refractivity contribution in [3.63, 3.8) is 0 Å². The summed E-state index contributed by atoms with van der Waals surface area (Å²) in [4.78, 5) is 13.1. The van der Waals surface area contributed by atoms with E-state index in [0.717, 1.165) is 61.6 Å². The quantitative estimate of drug-likeness (QED) is 0.725. The minimum atomic E-state index is -0.0193. The van der Waals surface area contributed by atoms with Crippen LogP contribution in [0, 0.1) is 23.2 Å². The molecule has 0 amide bonds. The molecule has 4 aliphatic carbocycles. The van der Waals surface area contributed by atoms with Crippen LogP contribution in [-0.4, -0.2) is 44.5 Å². The van der Waals surface area contributed by atoms with E-state index in [9.17, 15) is 4.79 Å². The van der Waals surface area contributed by atoms with Crippen LogP contribution in [0.1, 0.15) is 51.4 Å². The van der Waals surface area contributed by atoms with E-state index >= 15 is 0 Å². The number of hydrogen-bond donors (Lipinski definition) is 0. The van der Waals surface area contributed by atoms with E-state index in [0.29, 0.717) is 18.1 Å². The Kier molecular flexibility index (Phi) is 4.12. The third-order valence-electron chi connectivity index (χ3n) is 6.86. The first-order valence-electron chi connectivity index (χ1n) is 9.74. The second-order valence-electron chi connectivity index (χ2n) is 8.69. The Bertz CT molecular complexity index is 620. The molecule has 0 N–H and O–H groups in total. The summed E-state index contributed by atoms with van der Waals surface area (Å²) in [6, 6.07) is 0. The fourth-order valence-corrected chi connectivity index (χ4v) is 7.05. The molecule has 7 heteroatoms.